The summed E-state index contributed by atoms with van der Waals surface area (Å²) in [5.41, 5.74) is 5.78. The van der Waals surface area contributed by atoms with Crippen LogP contribution in [-0.2, 0) is 16.5 Å². The van der Waals surface area contributed by atoms with Crippen molar-refractivity contribution in [3.05, 3.63) is 52.7 Å². The standard InChI is InChI=1S/C30H36N6O3/c1-19(39-13-12-35-11-10-30(18-35)8-9-30)25-6-5-21(17-31-25)20-4-7-26-24(14-20)27-28(33-32-26)34(2)29(37)36(27)22-15-23(16-22)38-3/h4-7,14,17,19,22-23H,8-13,15-16,18H2,1-3H3/t19-,22-,23-/m1/s1. The van der Waals surface area contributed by atoms with E-state index in [2.05, 4.69) is 40.2 Å². The van der Waals surface area contributed by atoms with Crippen molar-refractivity contribution in [2.45, 2.75) is 57.3 Å². The number of nitrogens with zero attached hydrogens (tertiary/aromatic N) is 6. The zero-order valence-corrected chi connectivity index (χ0v) is 23.0. The second kappa shape index (κ2) is 9.50. The van der Waals surface area contributed by atoms with E-state index in [9.17, 15) is 4.79 Å². The Balaban J connectivity index is 1.11. The Morgan fingerprint density at radius 1 is 1.10 bits per heavy atom. The Kier molecular flexibility index (Phi) is 6.06. The van der Waals surface area contributed by atoms with E-state index in [-0.39, 0.29) is 23.9 Å². The minimum absolute atomic E-state index is 0.0554. The largest absolute Gasteiger partial charge is 0.381 e. The molecule has 4 aromatic rings. The molecule has 0 radical (unpaired) electrons. The van der Waals surface area contributed by atoms with E-state index in [0.717, 1.165) is 59.2 Å². The quantitative estimate of drug-likeness (QED) is 0.338. The monoisotopic (exact) mass is 528 g/mol. The predicted octanol–water partition coefficient (Wildman–Crippen LogP) is 4.26. The molecule has 9 nitrogen and oxygen atoms in total. The third-order valence-corrected chi connectivity index (χ3v) is 9.32. The Labute approximate surface area is 227 Å². The van der Waals surface area contributed by atoms with Gasteiger partial charge in [-0.25, -0.2) is 4.79 Å². The number of methoxy groups -OCH3 is 1. The molecule has 1 spiro atoms. The second-order valence-electron chi connectivity index (χ2n) is 11.8. The summed E-state index contributed by atoms with van der Waals surface area (Å²) in [6.07, 6.45) is 7.87. The van der Waals surface area contributed by atoms with Crippen LogP contribution in [0.25, 0.3) is 33.2 Å². The van der Waals surface area contributed by atoms with Gasteiger partial charge in [-0.05, 0) is 74.8 Å². The SMILES string of the molecule is CO[C@H]1C[C@H](n2c(=O)n(C)c3nnc4ccc(-c5ccc([C@@H](C)OCCN6CCC7(CC7)C6)nc5)cc4c32)C1. The Bertz CT molecular complexity index is 1580. The molecule has 1 aromatic carbocycles. The fraction of sp³-hybridized carbons (Fsp3) is 0.533. The zero-order valence-electron chi connectivity index (χ0n) is 23.0. The number of benzene rings is 1. The summed E-state index contributed by atoms with van der Waals surface area (Å²) in [7, 11) is 3.49. The summed E-state index contributed by atoms with van der Waals surface area (Å²) < 4.78 is 15.1. The molecular formula is C30H36N6O3. The lowest BCUT2D eigenvalue weighted by Gasteiger charge is -2.34. The van der Waals surface area contributed by atoms with Crippen molar-refractivity contribution < 1.29 is 9.47 Å². The first-order chi connectivity index (χ1) is 18.9. The van der Waals surface area contributed by atoms with Gasteiger partial charge in [0.1, 0.15) is 5.52 Å². The van der Waals surface area contributed by atoms with Gasteiger partial charge in [0.15, 0.2) is 5.65 Å². The van der Waals surface area contributed by atoms with Crippen LogP contribution in [0.2, 0.25) is 0 Å². The van der Waals surface area contributed by atoms with E-state index in [0.29, 0.717) is 11.1 Å². The van der Waals surface area contributed by atoms with E-state index in [1.54, 1.807) is 18.7 Å². The molecule has 2 saturated carbocycles. The zero-order chi connectivity index (χ0) is 26.7. The summed E-state index contributed by atoms with van der Waals surface area (Å²) in [6.45, 7) is 6.25. The summed E-state index contributed by atoms with van der Waals surface area (Å²) in [6, 6.07) is 10.4. The van der Waals surface area contributed by atoms with Crippen LogP contribution >= 0.6 is 0 Å². The maximum absolute atomic E-state index is 13.2. The smallest absolute Gasteiger partial charge is 0.330 e. The summed E-state index contributed by atoms with van der Waals surface area (Å²) >= 11 is 0. The molecule has 3 aromatic heterocycles. The first-order valence-corrected chi connectivity index (χ1v) is 14.2. The molecule has 204 valence electrons. The first-order valence-electron chi connectivity index (χ1n) is 14.2. The van der Waals surface area contributed by atoms with Crippen LogP contribution in [0, 0.1) is 5.41 Å². The predicted molar refractivity (Wildman–Crippen MR) is 150 cm³/mol. The van der Waals surface area contributed by atoms with Crippen LogP contribution in [0.15, 0.2) is 41.3 Å². The summed E-state index contributed by atoms with van der Waals surface area (Å²) in [5, 5.41) is 9.73. The lowest BCUT2D eigenvalue weighted by Crippen LogP contribution is -2.37. The Hall–Kier alpha value is -3.14. The highest BCUT2D eigenvalue weighted by Crippen LogP contribution is 2.52. The molecule has 1 aliphatic heterocycles. The molecule has 4 heterocycles. The molecule has 1 saturated heterocycles. The molecule has 0 bridgehead atoms. The van der Waals surface area contributed by atoms with Crippen molar-refractivity contribution in [2.75, 3.05) is 33.4 Å². The fourth-order valence-electron chi connectivity index (χ4n) is 6.42. The van der Waals surface area contributed by atoms with Gasteiger partial charge in [-0.2, -0.15) is 0 Å². The number of imidazole rings is 1. The van der Waals surface area contributed by atoms with Crippen molar-refractivity contribution in [2.24, 2.45) is 12.5 Å². The molecule has 39 heavy (non-hydrogen) atoms. The van der Waals surface area contributed by atoms with Crippen molar-refractivity contribution >= 4 is 22.1 Å². The highest BCUT2D eigenvalue weighted by atomic mass is 16.5. The van der Waals surface area contributed by atoms with Crippen molar-refractivity contribution in [3.63, 3.8) is 0 Å². The van der Waals surface area contributed by atoms with Crippen LogP contribution < -0.4 is 5.69 Å². The highest BCUT2D eigenvalue weighted by molar-refractivity contribution is 6.02. The number of pyridine rings is 1. The van der Waals surface area contributed by atoms with Gasteiger partial charge in [-0.3, -0.25) is 14.1 Å². The number of hydrogen-bond acceptors (Lipinski definition) is 7. The molecule has 3 fully saturated rings. The van der Waals surface area contributed by atoms with Gasteiger partial charge >= 0.3 is 5.69 Å². The van der Waals surface area contributed by atoms with Gasteiger partial charge in [0, 0.05) is 50.4 Å². The lowest BCUT2D eigenvalue weighted by molar-refractivity contribution is 0.00635. The van der Waals surface area contributed by atoms with Gasteiger partial charge in [-0.15, -0.1) is 10.2 Å². The number of rotatable bonds is 8. The van der Waals surface area contributed by atoms with Gasteiger partial charge in [0.05, 0.1) is 30.0 Å². The van der Waals surface area contributed by atoms with E-state index in [1.807, 2.05) is 22.9 Å². The molecule has 7 rings (SSSR count). The van der Waals surface area contributed by atoms with Crippen LogP contribution in [-0.4, -0.2) is 68.7 Å². The van der Waals surface area contributed by atoms with Crippen LogP contribution in [0.1, 0.15) is 56.9 Å². The minimum Gasteiger partial charge on any atom is -0.381 e. The Morgan fingerprint density at radius 2 is 1.92 bits per heavy atom. The normalized spacial score (nSPS) is 23.1. The average molecular weight is 529 g/mol. The topological polar surface area (TPSA) is 87.3 Å². The van der Waals surface area contributed by atoms with Crippen molar-refractivity contribution in [1.29, 1.82) is 0 Å². The first kappa shape index (κ1) is 24.9. The number of ether oxygens (including phenoxy) is 2. The van der Waals surface area contributed by atoms with Crippen LogP contribution in [0.4, 0.5) is 0 Å². The molecule has 0 N–H and O–H groups in total. The number of hydrogen-bond donors (Lipinski definition) is 0. The van der Waals surface area contributed by atoms with Gasteiger partial charge < -0.3 is 14.4 Å². The average Bonchev–Trinajstić information content (AvgIpc) is 3.50. The third kappa shape index (κ3) is 4.37. The second-order valence-corrected chi connectivity index (χ2v) is 11.8. The number of fused-ring (bicyclic) bond motifs is 3. The maximum atomic E-state index is 13.2. The number of aryl methyl sites for hydroxylation is 1. The molecular weight excluding hydrogens is 492 g/mol. The van der Waals surface area contributed by atoms with Gasteiger partial charge in [0.25, 0.3) is 0 Å². The number of likely N-dealkylation sites (tertiary alicyclic amines) is 1. The highest BCUT2D eigenvalue weighted by Gasteiger charge is 2.47. The van der Waals surface area contributed by atoms with E-state index in [4.69, 9.17) is 14.5 Å². The minimum atomic E-state index is -0.0615. The van der Waals surface area contributed by atoms with E-state index in [1.165, 1.54) is 32.4 Å². The molecule has 3 aliphatic rings. The Morgan fingerprint density at radius 3 is 2.64 bits per heavy atom. The molecule has 2 aliphatic carbocycles. The summed E-state index contributed by atoms with van der Waals surface area (Å²) in [5.74, 6) is 0. The van der Waals surface area contributed by atoms with Gasteiger partial charge in [0.2, 0.25) is 0 Å². The van der Waals surface area contributed by atoms with Gasteiger partial charge in [-0.1, -0.05) is 12.1 Å². The molecule has 0 amide bonds. The van der Waals surface area contributed by atoms with E-state index < -0.39 is 0 Å². The lowest BCUT2D eigenvalue weighted by atomic mass is 9.89. The summed E-state index contributed by atoms with van der Waals surface area (Å²) in [4.78, 5) is 20.5. The molecule has 1 atom stereocenters. The van der Waals surface area contributed by atoms with Crippen LogP contribution in [0.5, 0.6) is 0 Å². The van der Waals surface area contributed by atoms with Crippen molar-refractivity contribution in [1.82, 2.24) is 29.2 Å². The number of aromatic nitrogens is 5. The molecule has 9 heteroatoms. The molecule has 0 unspecified atom stereocenters. The van der Waals surface area contributed by atoms with Crippen molar-refractivity contribution in [3.8, 4) is 11.1 Å². The maximum Gasteiger partial charge on any atom is 0.330 e. The van der Waals surface area contributed by atoms with Crippen LogP contribution in [0.3, 0.4) is 0 Å². The fourth-order valence-corrected chi connectivity index (χ4v) is 6.42. The van der Waals surface area contributed by atoms with E-state index >= 15 is 0 Å². The third-order valence-electron chi connectivity index (χ3n) is 9.32.